The summed E-state index contributed by atoms with van der Waals surface area (Å²) in [5, 5.41) is 4.40. The van der Waals surface area contributed by atoms with Crippen molar-refractivity contribution in [2.75, 3.05) is 0 Å². The molecule has 0 aliphatic heterocycles. The summed E-state index contributed by atoms with van der Waals surface area (Å²) in [6.45, 7) is 0.139. The van der Waals surface area contributed by atoms with Gasteiger partial charge in [-0.3, -0.25) is 14.0 Å². The fourth-order valence-corrected chi connectivity index (χ4v) is 2.66. The van der Waals surface area contributed by atoms with Crippen LogP contribution in [0.5, 0.6) is 0 Å². The molecule has 0 N–H and O–H groups in total. The summed E-state index contributed by atoms with van der Waals surface area (Å²) in [5.74, 6) is 0. The second kappa shape index (κ2) is 6.16. The molecule has 122 valence electrons. The number of nitrogens with zero attached hydrogens (tertiary/aromatic N) is 4. The van der Waals surface area contributed by atoms with Crippen LogP contribution in [0.1, 0.15) is 5.69 Å². The maximum absolute atomic E-state index is 12.2. The molecule has 0 aliphatic rings. The van der Waals surface area contributed by atoms with Gasteiger partial charge in [0, 0.05) is 23.9 Å². The van der Waals surface area contributed by atoms with Crippen molar-refractivity contribution < 1.29 is 0 Å². The average Bonchev–Trinajstić information content (AvgIpc) is 2.64. The third kappa shape index (κ3) is 2.97. The third-order valence-corrected chi connectivity index (χ3v) is 3.87. The Morgan fingerprint density at radius 1 is 0.840 bits per heavy atom. The molecule has 6 heteroatoms. The Bertz CT molecular complexity index is 1160. The molecule has 0 radical (unpaired) electrons. The summed E-state index contributed by atoms with van der Waals surface area (Å²) in [6, 6.07) is 19.5. The van der Waals surface area contributed by atoms with Gasteiger partial charge in [-0.2, -0.15) is 5.10 Å². The van der Waals surface area contributed by atoms with Gasteiger partial charge in [-0.25, -0.2) is 9.67 Å². The van der Waals surface area contributed by atoms with Crippen LogP contribution in [-0.2, 0) is 6.54 Å². The van der Waals surface area contributed by atoms with Gasteiger partial charge < -0.3 is 0 Å². The van der Waals surface area contributed by atoms with Crippen LogP contribution in [0.15, 0.2) is 82.5 Å². The van der Waals surface area contributed by atoms with Crippen molar-refractivity contribution in [3.8, 4) is 11.3 Å². The van der Waals surface area contributed by atoms with Crippen molar-refractivity contribution in [2.45, 2.75) is 6.54 Å². The van der Waals surface area contributed by atoms with Crippen molar-refractivity contribution in [3.63, 3.8) is 0 Å². The molecule has 0 fully saturated rings. The van der Waals surface area contributed by atoms with Crippen molar-refractivity contribution in [2.24, 2.45) is 0 Å². The Hall–Kier alpha value is -3.54. The topological polar surface area (TPSA) is 69.3 Å². The van der Waals surface area contributed by atoms with Crippen molar-refractivity contribution >= 4 is 5.65 Å². The second-order valence-corrected chi connectivity index (χ2v) is 5.60. The largest absolute Gasteiger partial charge is 0.269 e. The van der Waals surface area contributed by atoms with E-state index in [0.717, 1.165) is 5.56 Å². The summed E-state index contributed by atoms with van der Waals surface area (Å²) < 4.78 is 2.78. The van der Waals surface area contributed by atoms with Crippen LogP contribution in [0.2, 0.25) is 0 Å². The van der Waals surface area contributed by atoms with Gasteiger partial charge >= 0.3 is 0 Å². The van der Waals surface area contributed by atoms with Crippen molar-refractivity contribution in [1.29, 1.82) is 0 Å². The molecule has 4 rings (SSSR count). The molecular formula is C19H14N4O2. The van der Waals surface area contributed by atoms with E-state index in [2.05, 4.69) is 10.1 Å². The van der Waals surface area contributed by atoms with E-state index in [4.69, 9.17) is 0 Å². The quantitative estimate of drug-likeness (QED) is 0.576. The summed E-state index contributed by atoms with van der Waals surface area (Å²) in [6.07, 6.45) is 1.66. The highest BCUT2D eigenvalue weighted by Gasteiger charge is 2.07. The number of pyridine rings is 1. The van der Waals surface area contributed by atoms with E-state index in [1.54, 1.807) is 24.4 Å². The monoisotopic (exact) mass is 330 g/mol. The summed E-state index contributed by atoms with van der Waals surface area (Å²) >= 11 is 0. The molecule has 0 saturated carbocycles. The maximum Gasteiger partial charge on any atom is 0.267 e. The summed E-state index contributed by atoms with van der Waals surface area (Å²) in [7, 11) is 0. The van der Waals surface area contributed by atoms with Gasteiger partial charge in [0.15, 0.2) is 0 Å². The molecule has 3 heterocycles. The highest BCUT2D eigenvalue weighted by atomic mass is 16.1. The zero-order valence-corrected chi connectivity index (χ0v) is 13.2. The molecule has 4 aromatic rings. The van der Waals surface area contributed by atoms with Gasteiger partial charge in [0.2, 0.25) is 0 Å². The Kier molecular flexibility index (Phi) is 3.70. The van der Waals surface area contributed by atoms with Gasteiger partial charge in [0.05, 0.1) is 17.9 Å². The van der Waals surface area contributed by atoms with Crippen molar-refractivity contribution in [3.05, 3.63) is 99.3 Å². The molecule has 1 aromatic carbocycles. The normalized spacial score (nSPS) is 10.9. The van der Waals surface area contributed by atoms with Crippen LogP contribution < -0.4 is 11.1 Å². The van der Waals surface area contributed by atoms with Crippen LogP contribution in [0.25, 0.3) is 16.9 Å². The number of fused-ring (bicyclic) bond motifs is 1. The smallest absolute Gasteiger partial charge is 0.267 e. The molecule has 25 heavy (non-hydrogen) atoms. The lowest BCUT2D eigenvalue weighted by molar-refractivity contribution is 0.630. The Balaban J connectivity index is 1.76. The number of hydrogen-bond acceptors (Lipinski definition) is 4. The maximum atomic E-state index is 12.2. The molecule has 0 aliphatic carbocycles. The summed E-state index contributed by atoms with van der Waals surface area (Å²) in [4.78, 5) is 28.8. The first-order valence-electron chi connectivity index (χ1n) is 7.82. The van der Waals surface area contributed by atoms with E-state index in [1.807, 2.05) is 36.4 Å². The minimum atomic E-state index is -0.241. The van der Waals surface area contributed by atoms with Gasteiger partial charge in [0.1, 0.15) is 5.65 Å². The zero-order valence-electron chi connectivity index (χ0n) is 13.2. The fourth-order valence-electron chi connectivity index (χ4n) is 2.66. The number of benzene rings is 1. The van der Waals surface area contributed by atoms with E-state index in [0.29, 0.717) is 17.0 Å². The predicted molar refractivity (Wildman–Crippen MR) is 94.5 cm³/mol. The lowest BCUT2D eigenvalue weighted by Gasteiger charge is -2.08. The second-order valence-electron chi connectivity index (χ2n) is 5.60. The van der Waals surface area contributed by atoms with Gasteiger partial charge in [-0.15, -0.1) is 0 Å². The zero-order chi connectivity index (χ0) is 17.2. The average molecular weight is 330 g/mol. The number of rotatable bonds is 3. The molecule has 3 aromatic heterocycles. The molecule has 0 saturated heterocycles. The third-order valence-electron chi connectivity index (χ3n) is 3.87. The number of hydrogen-bond donors (Lipinski definition) is 0. The van der Waals surface area contributed by atoms with E-state index in [1.165, 1.54) is 21.2 Å². The highest BCUT2D eigenvalue weighted by Crippen LogP contribution is 2.14. The van der Waals surface area contributed by atoms with E-state index >= 15 is 0 Å². The number of aromatic nitrogens is 4. The van der Waals surface area contributed by atoms with Crippen LogP contribution in [0, 0.1) is 0 Å². The van der Waals surface area contributed by atoms with Crippen LogP contribution >= 0.6 is 0 Å². The van der Waals surface area contributed by atoms with Gasteiger partial charge in [0.25, 0.3) is 11.1 Å². The lowest BCUT2D eigenvalue weighted by Crippen LogP contribution is -2.25. The Labute approximate surface area is 142 Å². The molecule has 0 atom stereocenters. The first kappa shape index (κ1) is 15.0. The minimum Gasteiger partial charge on any atom is -0.269 e. The highest BCUT2D eigenvalue weighted by molar-refractivity contribution is 5.57. The van der Waals surface area contributed by atoms with Crippen LogP contribution in [-0.4, -0.2) is 19.2 Å². The first-order valence-corrected chi connectivity index (χ1v) is 7.82. The Morgan fingerprint density at radius 2 is 1.64 bits per heavy atom. The first-order chi connectivity index (χ1) is 12.2. The minimum absolute atomic E-state index is 0.139. The standard InChI is InChI=1S/C19H14N4O2/c24-18-10-9-16(14-6-2-1-3-7-14)21-23(18)13-15-12-19(25)22-11-5-4-8-17(22)20-15/h1-12H,13H2. The molecule has 0 amide bonds. The van der Waals surface area contributed by atoms with Crippen molar-refractivity contribution in [1.82, 2.24) is 19.2 Å². The molecule has 0 bridgehead atoms. The molecule has 0 spiro atoms. The lowest BCUT2D eigenvalue weighted by atomic mass is 10.1. The fraction of sp³-hybridized carbons (Fsp3) is 0.0526. The SMILES string of the molecule is O=c1ccc(-c2ccccc2)nn1Cc1cc(=O)n2ccccc2n1. The molecular weight excluding hydrogens is 316 g/mol. The summed E-state index contributed by atoms with van der Waals surface area (Å²) in [5.41, 5.74) is 2.22. The predicted octanol–water partition coefficient (Wildman–Crippen LogP) is 1.97. The van der Waals surface area contributed by atoms with Gasteiger partial charge in [-0.05, 0) is 18.2 Å². The van der Waals surface area contributed by atoms with Crippen LogP contribution in [0.4, 0.5) is 0 Å². The van der Waals surface area contributed by atoms with Gasteiger partial charge in [-0.1, -0.05) is 36.4 Å². The van der Waals surface area contributed by atoms with E-state index < -0.39 is 0 Å². The molecule has 0 unspecified atom stereocenters. The molecule has 6 nitrogen and oxygen atoms in total. The van der Waals surface area contributed by atoms with E-state index in [9.17, 15) is 9.59 Å². The van der Waals surface area contributed by atoms with Crippen LogP contribution in [0.3, 0.4) is 0 Å². The van der Waals surface area contributed by atoms with E-state index in [-0.39, 0.29) is 17.7 Å². The Morgan fingerprint density at radius 3 is 2.48 bits per heavy atom.